The number of hydrogen-bond donors (Lipinski definition) is 1. The first kappa shape index (κ1) is 16.0. The van der Waals surface area contributed by atoms with Crippen LogP contribution in [-0.2, 0) is 0 Å². The number of pyridine rings is 1. The molecule has 0 bridgehead atoms. The zero-order valence-electron chi connectivity index (χ0n) is 12.6. The molecule has 4 rings (SSSR count). The first-order valence-electron chi connectivity index (χ1n) is 7.23. The van der Waals surface area contributed by atoms with Gasteiger partial charge in [0.15, 0.2) is 5.13 Å². The summed E-state index contributed by atoms with van der Waals surface area (Å²) < 4.78 is 4.30. The molecular weight excluding hydrogens is 499 g/mol. The molecule has 0 aliphatic heterocycles. The highest BCUT2D eigenvalue weighted by Gasteiger charge is 2.14. The van der Waals surface area contributed by atoms with Gasteiger partial charge in [0, 0.05) is 25.3 Å². The van der Waals surface area contributed by atoms with Gasteiger partial charge in [-0.1, -0.05) is 0 Å². The van der Waals surface area contributed by atoms with Crippen LogP contribution in [0, 0.1) is 10.5 Å². The van der Waals surface area contributed by atoms with Crippen molar-refractivity contribution < 1.29 is 0 Å². The molecule has 7 heteroatoms. The molecule has 0 atom stereocenters. The van der Waals surface area contributed by atoms with Gasteiger partial charge in [-0.05, 0) is 81.8 Å². The number of nitrogens with zero attached hydrogens (tertiary/aromatic N) is 3. The van der Waals surface area contributed by atoms with Gasteiger partial charge >= 0.3 is 0 Å². The Labute approximate surface area is 165 Å². The molecule has 120 valence electrons. The molecule has 4 nitrogen and oxygen atoms in total. The average Bonchev–Trinajstić information content (AvgIpc) is 3.12. The first-order chi connectivity index (χ1) is 11.6. The highest BCUT2D eigenvalue weighted by atomic mass is 127. The molecule has 1 aromatic carbocycles. The molecule has 1 N–H and O–H groups in total. The van der Waals surface area contributed by atoms with Crippen molar-refractivity contribution in [3.05, 3.63) is 61.7 Å². The van der Waals surface area contributed by atoms with E-state index >= 15 is 0 Å². The Hall–Kier alpha value is -1.45. The minimum Gasteiger partial charge on any atom is -0.332 e. The van der Waals surface area contributed by atoms with Gasteiger partial charge in [0.25, 0.3) is 0 Å². The van der Waals surface area contributed by atoms with E-state index in [1.54, 1.807) is 11.3 Å². The van der Waals surface area contributed by atoms with Crippen molar-refractivity contribution >= 4 is 66.3 Å². The summed E-state index contributed by atoms with van der Waals surface area (Å²) in [6, 6.07) is 12.3. The van der Waals surface area contributed by atoms with Crippen LogP contribution in [0.25, 0.3) is 17.0 Å². The molecule has 3 heterocycles. The molecule has 0 radical (unpaired) electrons. The summed E-state index contributed by atoms with van der Waals surface area (Å²) in [5.41, 5.74) is 4.88. The summed E-state index contributed by atoms with van der Waals surface area (Å²) in [6.07, 6.45) is 2.02. The lowest BCUT2D eigenvalue weighted by Crippen LogP contribution is -1.92. The normalized spacial score (nSPS) is 11.1. The summed E-state index contributed by atoms with van der Waals surface area (Å²) in [5.74, 6) is 0. The molecule has 0 spiro atoms. The molecule has 0 aliphatic rings. The van der Waals surface area contributed by atoms with Crippen LogP contribution in [0.5, 0.6) is 0 Å². The van der Waals surface area contributed by atoms with Gasteiger partial charge in [0.2, 0.25) is 0 Å². The zero-order valence-corrected chi connectivity index (χ0v) is 17.2. The number of fused-ring (bicyclic) bond motifs is 1. The van der Waals surface area contributed by atoms with E-state index in [9.17, 15) is 0 Å². The second-order valence-corrected chi connectivity index (χ2v) is 8.31. The molecular formula is C17H12BrIN4S. The lowest BCUT2D eigenvalue weighted by molar-refractivity contribution is 1.16. The Balaban J connectivity index is 1.71. The summed E-state index contributed by atoms with van der Waals surface area (Å²) in [6.45, 7) is 2.02. The quantitative estimate of drug-likeness (QED) is 0.350. The standard InChI is InChI=1S/C17H12BrIN4S/c1-10-16(23-8-11(18)2-7-15(23)20-10)14-9-24-17(22-14)21-13-5-3-12(19)4-6-13/h2-9H,1H3,(H,21,22). The predicted octanol–water partition coefficient (Wildman–Crippen LogP) is 5.88. The Kier molecular flexibility index (Phi) is 4.31. The predicted molar refractivity (Wildman–Crippen MR) is 111 cm³/mol. The second kappa shape index (κ2) is 6.45. The van der Waals surface area contributed by atoms with Crippen molar-refractivity contribution in [2.75, 3.05) is 5.32 Å². The minimum absolute atomic E-state index is 0.871. The van der Waals surface area contributed by atoms with Gasteiger partial charge in [-0.3, -0.25) is 4.40 Å². The van der Waals surface area contributed by atoms with Gasteiger partial charge in [-0.2, -0.15) is 0 Å². The molecule has 0 aliphatic carbocycles. The van der Waals surface area contributed by atoms with Crippen molar-refractivity contribution in [2.45, 2.75) is 6.92 Å². The Morgan fingerprint density at radius 3 is 2.71 bits per heavy atom. The van der Waals surface area contributed by atoms with Gasteiger partial charge in [0.1, 0.15) is 11.3 Å². The maximum atomic E-state index is 4.74. The first-order valence-corrected chi connectivity index (χ1v) is 9.98. The van der Waals surface area contributed by atoms with E-state index in [-0.39, 0.29) is 0 Å². The number of aryl methyl sites for hydroxylation is 1. The van der Waals surface area contributed by atoms with Crippen LogP contribution >= 0.6 is 49.9 Å². The zero-order chi connectivity index (χ0) is 16.7. The lowest BCUT2D eigenvalue weighted by Gasteiger charge is -2.02. The minimum atomic E-state index is 0.871. The number of anilines is 2. The number of hydrogen-bond acceptors (Lipinski definition) is 4. The highest BCUT2D eigenvalue weighted by Crippen LogP contribution is 2.30. The van der Waals surface area contributed by atoms with E-state index in [4.69, 9.17) is 4.98 Å². The highest BCUT2D eigenvalue weighted by molar-refractivity contribution is 14.1. The molecule has 0 fully saturated rings. The molecule has 0 unspecified atom stereocenters. The molecule has 0 saturated carbocycles. The number of nitrogens with one attached hydrogen (secondary N) is 1. The van der Waals surface area contributed by atoms with Crippen LogP contribution in [0.2, 0.25) is 0 Å². The molecule has 3 aromatic heterocycles. The number of aromatic nitrogens is 3. The van der Waals surface area contributed by atoms with Crippen LogP contribution in [0.4, 0.5) is 10.8 Å². The third-order valence-corrected chi connectivity index (χ3v) is 5.55. The van der Waals surface area contributed by atoms with E-state index in [1.807, 2.05) is 25.3 Å². The fourth-order valence-corrected chi connectivity index (χ4v) is 3.95. The number of benzene rings is 1. The van der Waals surface area contributed by atoms with Crippen molar-refractivity contribution in [1.29, 1.82) is 0 Å². The summed E-state index contributed by atoms with van der Waals surface area (Å²) in [4.78, 5) is 9.36. The lowest BCUT2D eigenvalue weighted by atomic mass is 10.3. The number of imidazole rings is 1. The Bertz CT molecular complexity index is 1020. The number of thiazole rings is 1. The molecule has 24 heavy (non-hydrogen) atoms. The second-order valence-electron chi connectivity index (χ2n) is 5.29. The molecule has 4 aromatic rings. The number of halogens is 2. The van der Waals surface area contributed by atoms with E-state index in [0.717, 1.165) is 38.0 Å². The van der Waals surface area contributed by atoms with Crippen LogP contribution in [-0.4, -0.2) is 14.4 Å². The fraction of sp³-hybridized carbons (Fsp3) is 0.0588. The Morgan fingerprint density at radius 1 is 1.12 bits per heavy atom. The van der Waals surface area contributed by atoms with E-state index < -0.39 is 0 Å². The Morgan fingerprint density at radius 2 is 1.92 bits per heavy atom. The van der Waals surface area contributed by atoms with Crippen LogP contribution in [0.15, 0.2) is 52.4 Å². The van der Waals surface area contributed by atoms with Crippen LogP contribution < -0.4 is 5.32 Å². The van der Waals surface area contributed by atoms with E-state index in [0.29, 0.717) is 0 Å². The molecule has 0 amide bonds. The maximum Gasteiger partial charge on any atom is 0.187 e. The SMILES string of the molecule is Cc1nc2ccc(Br)cn2c1-c1csc(Nc2ccc(I)cc2)n1. The largest absolute Gasteiger partial charge is 0.332 e. The third-order valence-electron chi connectivity index (χ3n) is 3.60. The van der Waals surface area contributed by atoms with Gasteiger partial charge in [0.05, 0.1) is 11.4 Å². The van der Waals surface area contributed by atoms with Crippen molar-refractivity contribution in [1.82, 2.24) is 14.4 Å². The third kappa shape index (κ3) is 3.07. The summed E-state index contributed by atoms with van der Waals surface area (Å²) in [7, 11) is 0. The summed E-state index contributed by atoms with van der Waals surface area (Å²) in [5, 5.41) is 6.29. The monoisotopic (exact) mass is 510 g/mol. The summed E-state index contributed by atoms with van der Waals surface area (Å²) >= 11 is 7.41. The molecule has 0 saturated heterocycles. The van der Waals surface area contributed by atoms with Crippen LogP contribution in [0.1, 0.15) is 5.69 Å². The van der Waals surface area contributed by atoms with E-state index in [1.165, 1.54) is 3.57 Å². The van der Waals surface area contributed by atoms with E-state index in [2.05, 4.69) is 82.9 Å². The van der Waals surface area contributed by atoms with Crippen molar-refractivity contribution in [3.63, 3.8) is 0 Å². The smallest absolute Gasteiger partial charge is 0.187 e. The van der Waals surface area contributed by atoms with Crippen molar-refractivity contribution in [2.24, 2.45) is 0 Å². The maximum absolute atomic E-state index is 4.74. The number of rotatable bonds is 3. The topological polar surface area (TPSA) is 42.2 Å². The fourth-order valence-electron chi connectivity index (χ4n) is 2.54. The van der Waals surface area contributed by atoms with Gasteiger partial charge in [-0.15, -0.1) is 11.3 Å². The van der Waals surface area contributed by atoms with Gasteiger partial charge < -0.3 is 5.32 Å². The van der Waals surface area contributed by atoms with Crippen molar-refractivity contribution in [3.8, 4) is 11.4 Å². The average molecular weight is 511 g/mol. The van der Waals surface area contributed by atoms with Gasteiger partial charge in [-0.25, -0.2) is 9.97 Å². The van der Waals surface area contributed by atoms with Crippen LogP contribution in [0.3, 0.4) is 0 Å².